The molecule has 1 aromatic heterocycles. The summed E-state index contributed by atoms with van der Waals surface area (Å²) < 4.78 is 38.7. The van der Waals surface area contributed by atoms with Crippen molar-refractivity contribution >= 4 is 11.5 Å². The Balaban J connectivity index is 2.24. The highest BCUT2D eigenvalue weighted by molar-refractivity contribution is 5.96. The van der Waals surface area contributed by atoms with Crippen molar-refractivity contribution in [2.45, 2.75) is 26.6 Å². The Morgan fingerprint density at radius 3 is 2.43 bits per heavy atom. The number of aromatic nitrogens is 2. The number of Topliss-reactive ketones (excluding diaryl/α,β-unsaturated/α-hetero) is 1. The summed E-state index contributed by atoms with van der Waals surface area (Å²) in [5, 5.41) is 14.1. The van der Waals surface area contributed by atoms with E-state index in [0.717, 1.165) is 10.7 Å². The summed E-state index contributed by atoms with van der Waals surface area (Å²) in [7, 11) is 0. The number of carbonyl (C=O) groups is 1. The van der Waals surface area contributed by atoms with Crippen LogP contribution in [0.25, 0.3) is 0 Å². The van der Waals surface area contributed by atoms with Crippen LogP contribution in [0.4, 0.5) is 18.9 Å². The number of hydrogen-bond donors (Lipinski definition) is 0. The van der Waals surface area contributed by atoms with E-state index in [9.17, 15) is 28.1 Å². The highest BCUT2D eigenvalue weighted by atomic mass is 19.4. The Morgan fingerprint density at radius 2 is 1.96 bits per heavy atom. The summed E-state index contributed by atoms with van der Waals surface area (Å²) >= 11 is 0. The predicted octanol–water partition coefficient (Wildman–Crippen LogP) is 3.31. The van der Waals surface area contributed by atoms with Crippen LogP contribution in [-0.2, 0) is 12.7 Å². The smallest absolute Gasteiger partial charge is 0.292 e. The maximum atomic E-state index is 12.6. The summed E-state index contributed by atoms with van der Waals surface area (Å²) in [6, 6.07) is 4.66. The number of halogens is 3. The second-order valence-corrected chi connectivity index (χ2v) is 5.01. The fourth-order valence-electron chi connectivity index (χ4n) is 2.07. The summed E-state index contributed by atoms with van der Waals surface area (Å²) in [5.74, 6) is -0.483. The average Bonchev–Trinajstić information content (AvgIpc) is 2.79. The van der Waals surface area contributed by atoms with Crippen molar-refractivity contribution in [3.05, 3.63) is 56.9 Å². The first-order valence-electron chi connectivity index (χ1n) is 6.49. The van der Waals surface area contributed by atoms with Gasteiger partial charge in [-0.3, -0.25) is 19.6 Å². The molecule has 0 saturated heterocycles. The molecular formula is C14H12F3N3O3. The number of carbonyl (C=O) groups excluding carboxylic acids is 1. The molecule has 23 heavy (non-hydrogen) atoms. The Labute approximate surface area is 128 Å². The third kappa shape index (κ3) is 3.55. The van der Waals surface area contributed by atoms with Crippen molar-refractivity contribution in [2.24, 2.45) is 0 Å². The number of alkyl halides is 3. The van der Waals surface area contributed by atoms with Gasteiger partial charge in [0.1, 0.15) is 6.54 Å². The van der Waals surface area contributed by atoms with Gasteiger partial charge < -0.3 is 0 Å². The molecule has 1 heterocycles. The molecule has 2 rings (SSSR count). The highest BCUT2D eigenvalue weighted by Gasteiger charge is 2.34. The molecule has 0 radical (unpaired) electrons. The minimum Gasteiger partial charge on any atom is -0.292 e. The molecule has 1 aromatic carbocycles. The van der Waals surface area contributed by atoms with Crippen LogP contribution in [0.1, 0.15) is 27.3 Å². The summed E-state index contributed by atoms with van der Waals surface area (Å²) in [4.78, 5) is 22.3. The lowest BCUT2D eigenvalue weighted by atomic mass is 10.1. The molecule has 6 nitrogen and oxygen atoms in total. The fraction of sp³-hybridized carbons (Fsp3) is 0.286. The topological polar surface area (TPSA) is 78.0 Å². The van der Waals surface area contributed by atoms with Crippen LogP contribution in [-0.4, -0.2) is 20.5 Å². The standard InChI is InChI=1S/C14H12F3N3O3/c1-8-5-10(3-4-11(8)20(22)23)12(21)7-19-9(2)6-13(18-19)14(15,16)17/h3-6H,7H2,1-2H3. The summed E-state index contributed by atoms with van der Waals surface area (Å²) in [6.07, 6.45) is -4.58. The molecule has 0 bridgehead atoms. The van der Waals surface area contributed by atoms with Crippen LogP contribution < -0.4 is 0 Å². The van der Waals surface area contributed by atoms with Crippen molar-refractivity contribution in [3.63, 3.8) is 0 Å². The lowest BCUT2D eigenvalue weighted by Gasteiger charge is -2.05. The van der Waals surface area contributed by atoms with Gasteiger partial charge in [0.2, 0.25) is 0 Å². The largest absolute Gasteiger partial charge is 0.435 e. The molecule has 0 unspecified atom stereocenters. The molecule has 0 fully saturated rings. The summed E-state index contributed by atoms with van der Waals surface area (Å²) in [6.45, 7) is 2.52. The third-order valence-electron chi connectivity index (χ3n) is 3.28. The van der Waals surface area contributed by atoms with E-state index in [1.54, 1.807) is 0 Å². The number of nitro groups is 1. The number of aryl methyl sites for hydroxylation is 2. The molecule has 0 spiro atoms. The molecule has 0 atom stereocenters. The first-order valence-corrected chi connectivity index (χ1v) is 6.49. The van der Waals surface area contributed by atoms with Crippen molar-refractivity contribution in [3.8, 4) is 0 Å². The number of hydrogen-bond acceptors (Lipinski definition) is 4. The molecule has 122 valence electrons. The maximum Gasteiger partial charge on any atom is 0.435 e. The first-order chi connectivity index (χ1) is 10.6. The maximum absolute atomic E-state index is 12.6. The Hall–Kier alpha value is -2.71. The number of benzene rings is 1. The van der Waals surface area contributed by atoms with Gasteiger partial charge in [-0.2, -0.15) is 18.3 Å². The highest BCUT2D eigenvalue weighted by Crippen LogP contribution is 2.28. The summed E-state index contributed by atoms with van der Waals surface area (Å²) in [5.41, 5.74) is -0.520. The van der Waals surface area contributed by atoms with Gasteiger partial charge >= 0.3 is 6.18 Å². The van der Waals surface area contributed by atoms with Crippen LogP contribution >= 0.6 is 0 Å². The molecule has 0 N–H and O–H groups in total. The monoisotopic (exact) mass is 327 g/mol. The number of ketones is 1. The quantitative estimate of drug-likeness (QED) is 0.490. The second-order valence-electron chi connectivity index (χ2n) is 5.01. The SMILES string of the molecule is Cc1cc(C(=O)Cn2nc(C(F)(F)F)cc2C)ccc1[N+](=O)[O-]. The number of rotatable bonds is 4. The zero-order valence-corrected chi connectivity index (χ0v) is 12.2. The lowest BCUT2D eigenvalue weighted by molar-refractivity contribution is -0.385. The van der Waals surface area contributed by atoms with Gasteiger partial charge in [-0.25, -0.2) is 0 Å². The molecule has 9 heteroatoms. The minimum atomic E-state index is -4.58. The van der Waals surface area contributed by atoms with Crippen molar-refractivity contribution < 1.29 is 22.9 Å². The second kappa shape index (κ2) is 5.82. The van der Waals surface area contributed by atoms with Gasteiger partial charge in [0.15, 0.2) is 11.5 Å². The van der Waals surface area contributed by atoms with Gasteiger partial charge in [-0.1, -0.05) is 0 Å². The molecule has 0 aliphatic heterocycles. The Bertz CT molecular complexity index is 781. The molecular weight excluding hydrogens is 315 g/mol. The van der Waals surface area contributed by atoms with Crippen molar-refractivity contribution in [1.82, 2.24) is 9.78 Å². The lowest BCUT2D eigenvalue weighted by Crippen LogP contribution is -2.14. The van der Waals surface area contributed by atoms with Gasteiger partial charge in [0, 0.05) is 22.9 Å². The van der Waals surface area contributed by atoms with E-state index >= 15 is 0 Å². The van der Waals surface area contributed by atoms with Crippen LogP contribution in [0, 0.1) is 24.0 Å². The molecule has 2 aromatic rings. The normalized spacial score (nSPS) is 11.5. The Morgan fingerprint density at radius 1 is 1.30 bits per heavy atom. The zero-order chi connectivity index (χ0) is 17.4. The van der Waals surface area contributed by atoms with E-state index in [-0.39, 0.29) is 23.5 Å². The van der Waals surface area contributed by atoms with Crippen molar-refractivity contribution in [1.29, 1.82) is 0 Å². The average molecular weight is 327 g/mol. The van der Waals surface area contributed by atoms with Crippen LogP contribution in [0.2, 0.25) is 0 Å². The molecule has 0 saturated carbocycles. The third-order valence-corrected chi connectivity index (χ3v) is 3.28. The molecule has 0 aliphatic rings. The van der Waals surface area contributed by atoms with Crippen LogP contribution in [0.5, 0.6) is 0 Å². The van der Waals surface area contributed by atoms with E-state index in [4.69, 9.17) is 0 Å². The fourth-order valence-corrected chi connectivity index (χ4v) is 2.07. The minimum absolute atomic E-state index is 0.129. The van der Waals surface area contributed by atoms with Gasteiger partial charge in [0.05, 0.1) is 4.92 Å². The van der Waals surface area contributed by atoms with Crippen molar-refractivity contribution in [2.75, 3.05) is 0 Å². The first kappa shape index (κ1) is 16.7. The number of nitrogens with zero attached hydrogens (tertiary/aromatic N) is 3. The molecule has 0 amide bonds. The van der Waals surface area contributed by atoms with Crippen LogP contribution in [0.15, 0.2) is 24.3 Å². The van der Waals surface area contributed by atoms with Crippen LogP contribution in [0.3, 0.4) is 0 Å². The molecule has 0 aliphatic carbocycles. The van der Waals surface area contributed by atoms with E-state index in [1.165, 1.54) is 32.0 Å². The van der Waals surface area contributed by atoms with Gasteiger partial charge in [0.25, 0.3) is 5.69 Å². The number of nitro benzene ring substituents is 1. The van der Waals surface area contributed by atoms with E-state index in [2.05, 4.69) is 5.10 Å². The van der Waals surface area contributed by atoms with Gasteiger partial charge in [-0.05, 0) is 32.0 Å². The Kier molecular flexibility index (Phi) is 4.22. The van der Waals surface area contributed by atoms with Gasteiger partial charge in [-0.15, -0.1) is 0 Å². The van der Waals surface area contributed by atoms with E-state index in [0.29, 0.717) is 5.56 Å². The van der Waals surface area contributed by atoms with E-state index in [1.807, 2.05) is 0 Å². The van der Waals surface area contributed by atoms with E-state index < -0.39 is 22.6 Å². The zero-order valence-electron chi connectivity index (χ0n) is 12.2. The predicted molar refractivity (Wildman–Crippen MR) is 74.1 cm³/mol.